The molecule has 2 saturated carbocycles. The number of carbonyl (C=O) groups is 4. The van der Waals surface area contributed by atoms with Gasteiger partial charge < -0.3 is 9.47 Å². The standard InChI is InChI=1S/C46H32O6S4/c47-33-27-13-5-3-11-25(27)29(35(33)49)19-23-21-31-39(53-23)41-37(51-45(31)15-7-1-8-16-45)43-44(55-41)38-42(56-43)40-32(46(52-38)17-9-2-10-18-46)22-24(54-40)20-30-26-12-4-6-14-28(26)34(48)36(30)50/h3-6,11-14,19-22H,1-2,7-10,15-18H2/b29-19-,30-20-. The molecule has 6 aliphatic rings. The molecule has 0 unspecified atom stereocenters. The van der Waals surface area contributed by atoms with Crippen LogP contribution in [0.2, 0.25) is 0 Å². The lowest BCUT2D eigenvalue weighted by Gasteiger charge is -2.41. The zero-order valence-electron chi connectivity index (χ0n) is 30.1. The number of carbonyl (C=O) groups excluding carboxylic acids is 4. The average Bonchev–Trinajstić information content (AvgIpc) is 4.07. The van der Waals surface area contributed by atoms with Crippen LogP contribution < -0.4 is 9.47 Å². The molecule has 2 aliphatic heterocycles. The van der Waals surface area contributed by atoms with E-state index in [2.05, 4.69) is 12.1 Å². The van der Waals surface area contributed by atoms with E-state index in [9.17, 15) is 19.2 Å². The van der Waals surface area contributed by atoms with Crippen molar-refractivity contribution in [3.8, 4) is 31.0 Å². The lowest BCUT2D eigenvalue weighted by molar-refractivity contribution is -0.110. The molecule has 0 N–H and O–H groups in total. The molecule has 0 amide bonds. The molecule has 276 valence electrons. The molecular formula is C46H32O6S4. The minimum absolute atomic E-state index is 0.438. The van der Waals surface area contributed by atoms with Gasteiger partial charge in [0, 0.05) is 43.2 Å². The van der Waals surface area contributed by atoms with Crippen molar-refractivity contribution in [2.75, 3.05) is 0 Å². The minimum atomic E-state index is -0.458. The van der Waals surface area contributed by atoms with Crippen molar-refractivity contribution in [2.45, 2.75) is 75.4 Å². The first-order valence-electron chi connectivity index (χ1n) is 19.4. The van der Waals surface area contributed by atoms with Gasteiger partial charge in [-0.15, -0.1) is 45.3 Å². The third-order valence-corrected chi connectivity index (χ3v) is 17.6. The van der Waals surface area contributed by atoms with Gasteiger partial charge in [-0.1, -0.05) is 61.4 Å². The highest BCUT2D eigenvalue weighted by atomic mass is 32.1. The molecule has 2 fully saturated rings. The molecule has 0 atom stereocenters. The molecule has 4 aromatic heterocycles. The first-order chi connectivity index (χ1) is 27.3. The van der Waals surface area contributed by atoms with Gasteiger partial charge in [-0.05, 0) is 86.8 Å². The van der Waals surface area contributed by atoms with Gasteiger partial charge in [0.1, 0.15) is 11.2 Å². The monoisotopic (exact) mass is 808 g/mol. The van der Waals surface area contributed by atoms with Gasteiger partial charge >= 0.3 is 0 Å². The molecule has 0 saturated heterocycles. The van der Waals surface area contributed by atoms with Gasteiger partial charge in [-0.3, -0.25) is 19.2 Å². The van der Waals surface area contributed by atoms with Crippen LogP contribution in [0.15, 0.2) is 60.7 Å². The number of ether oxygens (including phenoxy) is 2. The second-order valence-corrected chi connectivity index (χ2v) is 20.0. The Bertz CT molecular complexity index is 2660. The van der Waals surface area contributed by atoms with Crippen LogP contribution in [0, 0.1) is 0 Å². The third kappa shape index (κ3) is 4.52. The molecule has 0 bridgehead atoms. The highest BCUT2D eigenvalue weighted by Crippen LogP contribution is 2.66. The number of rotatable bonds is 2. The second kappa shape index (κ2) is 11.9. The fraction of sp³-hybridized carbons (Fsp3) is 0.261. The van der Waals surface area contributed by atoms with Crippen LogP contribution in [0.25, 0.3) is 52.2 Å². The van der Waals surface area contributed by atoms with Crippen molar-refractivity contribution in [3.05, 3.63) is 104 Å². The number of ketones is 4. The number of Topliss-reactive ketones (excluding diaryl/α,β-unsaturated/α-hetero) is 4. The Labute approximate surface area is 338 Å². The van der Waals surface area contributed by atoms with E-state index in [1.54, 1.807) is 69.6 Å². The van der Waals surface area contributed by atoms with Crippen LogP contribution in [-0.2, 0) is 20.8 Å². The van der Waals surface area contributed by atoms with Gasteiger partial charge in [-0.2, -0.15) is 0 Å². The minimum Gasteiger partial charge on any atom is -0.479 e. The van der Waals surface area contributed by atoms with Crippen LogP contribution in [-0.4, -0.2) is 23.1 Å². The number of hydrogen-bond acceptors (Lipinski definition) is 10. The van der Waals surface area contributed by atoms with E-state index in [4.69, 9.17) is 9.47 Å². The van der Waals surface area contributed by atoms with E-state index in [0.717, 1.165) is 91.8 Å². The van der Waals surface area contributed by atoms with Gasteiger partial charge in [-0.25, -0.2) is 0 Å². The van der Waals surface area contributed by atoms with Gasteiger partial charge in [0.2, 0.25) is 23.1 Å². The second-order valence-electron chi connectivity index (χ2n) is 15.8. The largest absolute Gasteiger partial charge is 0.479 e. The molecule has 2 spiro atoms. The van der Waals surface area contributed by atoms with Crippen molar-refractivity contribution in [3.63, 3.8) is 0 Å². The molecule has 6 nitrogen and oxygen atoms in total. The van der Waals surface area contributed by atoms with Crippen molar-refractivity contribution in [2.24, 2.45) is 0 Å². The van der Waals surface area contributed by atoms with Crippen molar-refractivity contribution >= 4 is 101 Å². The number of hydrogen-bond donors (Lipinski definition) is 0. The van der Waals surface area contributed by atoms with Crippen LogP contribution >= 0.6 is 45.3 Å². The Hall–Kier alpha value is -4.74. The normalized spacial score (nSPS) is 21.3. The molecule has 6 heterocycles. The van der Waals surface area contributed by atoms with Crippen LogP contribution in [0.4, 0.5) is 0 Å². The average molecular weight is 809 g/mol. The molecular weight excluding hydrogens is 777 g/mol. The van der Waals surface area contributed by atoms with Crippen LogP contribution in [0.3, 0.4) is 0 Å². The number of benzene rings is 2. The van der Waals surface area contributed by atoms with Crippen LogP contribution in [0.1, 0.15) is 117 Å². The Kier molecular flexibility index (Phi) is 7.10. The number of fused-ring (bicyclic) bond motifs is 13. The molecule has 0 radical (unpaired) electrons. The Morgan fingerprint density at radius 2 is 0.857 bits per heavy atom. The maximum absolute atomic E-state index is 13.2. The lowest BCUT2D eigenvalue weighted by atomic mass is 9.78. The summed E-state index contributed by atoms with van der Waals surface area (Å²) < 4.78 is 16.9. The van der Waals surface area contributed by atoms with E-state index in [1.165, 1.54) is 33.7 Å². The summed E-state index contributed by atoms with van der Waals surface area (Å²) in [4.78, 5) is 58.7. The van der Waals surface area contributed by atoms with Crippen molar-refractivity contribution in [1.82, 2.24) is 0 Å². The Morgan fingerprint density at radius 1 is 0.464 bits per heavy atom. The summed E-state index contributed by atoms with van der Waals surface area (Å²) in [7, 11) is 0. The highest BCUT2D eigenvalue weighted by molar-refractivity contribution is 7.35. The van der Waals surface area contributed by atoms with Gasteiger partial charge in [0.25, 0.3) is 0 Å². The molecule has 12 rings (SSSR count). The Balaban J connectivity index is 1.02. The lowest BCUT2D eigenvalue weighted by Crippen LogP contribution is -2.37. The predicted octanol–water partition coefficient (Wildman–Crippen LogP) is 12.1. The summed E-state index contributed by atoms with van der Waals surface area (Å²) in [6, 6.07) is 19.0. The molecule has 2 aromatic carbocycles. The fourth-order valence-corrected chi connectivity index (χ4v) is 15.3. The maximum atomic E-state index is 13.2. The molecule has 10 heteroatoms. The summed E-state index contributed by atoms with van der Waals surface area (Å²) in [6.45, 7) is 0. The molecule has 56 heavy (non-hydrogen) atoms. The van der Waals surface area contributed by atoms with E-state index < -0.39 is 34.3 Å². The summed E-state index contributed by atoms with van der Waals surface area (Å²) >= 11 is 6.87. The SMILES string of the molecule is O=C1C(=O)c2ccccc2/C1=C/c1cc2c(s1)-c1sc3c4c(sc3c1OC21CCCCC1)-c1sc(/C=C2\C(=O)C(=O)c3ccccc32)cc1C1(CCCCC1)O4. The van der Waals surface area contributed by atoms with E-state index in [1.807, 2.05) is 36.4 Å². The van der Waals surface area contributed by atoms with Gasteiger partial charge in [0.05, 0.1) is 28.9 Å². The number of thiophene rings is 4. The predicted molar refractivity (Wildman–Crippen MR) is 224 cm³/mol. The molecule has 6 aromatic rings. The first kappa shape index (κ1) is 33.4. The quantitative estimate of drug-likeness (QED) is 0.128. The summed E-state index contributed by atoms with van der Waals surface area (Å²) in [5.41, 5.74) is 4.76. The smallest absolute Gasteiger partial charge is 0.234 e. The third-order valence-electron chi connectivity index (χ3n) is 12.7. The van der Waals surface area contributed by atoms with Gasteiger partial charge in [0.15, 0.2) is 11.5 Å². The summed E-state index contributed by atoms with van der Waals surface area (Å²) in [5, 5.41) is 0. The van der Waals surface area contributed by atoms with Crippen molar-refractivity contribution < 1.29 is 28.7 Å². The van der Waals surface area contributed by atoms with Crippen LogP contribution in [0.5, 0.6) is 11.5 Å². The Morgan fingerprint density at radius 3 is 1.27 bits per heavy atom. The first-order valence-corrected chi connectivity index (χ1v) is 22.7. The highest BCUT2D eigenvalue weighted by Gasteiger charge is 2.49. The van der Waals surface area contributed by atoms with E-state index >= 15 is 0 Å². The fourth-order valence-electron chi connectivity index (χ4n) is 9.98. The summed E-state index contributed by atoms with van der Waals surface area (Å²) in [5.74, 6) is 0.105. The van der Waals surface area contributed by atoms with Crippen molar-refractivity contribution in [1.29, 1.82) is 0 Å². The molecule has 4 aliphatic carbocycles. The topological polar surface area (TPSA) is 86.7 Å². The summed E-state index contributed by atoms with van der Waals surface area (Å²) in [6.07, 6.45) is 14.2. The zero-order chi connectivity index (χ0) is 37.5. The van der Waals surface area contributed by atoms with E-state index in [-0.39, 0.29) is 0 Å². The number of allylic oxidation sites excluding steroid dienone is 2. The zero-order valence-corrected chi connectivity index (χ0v) is 33.3. The van der Waals surface area contributed by atoms with E-state index in [0.29, 0.717) is 33.4 Å². The maximum Gasteiger partial charge on any atom is 0.234 e.